The Morgan fingerprint density at radius 3 is 2.35 bits per heavy atom. The highest BCUT2D eigenvalue weighted by atomic mass is 127. The maximum atomic E-state index is 12.2. The van der Waals surface area contributed by atoms with E-state index in [0.717, 1.165) is 50.0 Å². The van der Waals surface area contributed by atoms with Gasteiger partial charge >= 0.3 is 0 Å². The molecule has 0 aliphatic carbocycles. The third kappa shape index (κ3) is 7.30. The molecule has 0 radical (unpaired) electrons. The third-order valence-electron chi connectivity index (χ3n) is 5.20. The number of methoxy groups -OCH3 is 1. The van der Waals surface area contributed by atoms with Crippen LogP contribution in [0.1, 0.15) is 5.56 Å². The van der Waals surface area contributed by atoms with E-state index in [1.165, 1.54) is 5.56 Å². The van der Waals surface area contributed by atoms with Gasteiger partial charge in [-0.05, 0) is 24.1 Å². The summed E-state index contributed by atoms with van der Waals surface area (Å²) >= 11 is 0. The number of piperazine rings is 1. The zero-order chi connectivity index (χ0) is 21.2. The summed E-state index contributed by atoms with van der Waals surface area (Å²) in [7, 11) is 3.45. The van der Waals surface area contributed by atoms with Crippen LogP contribution in [0.15, 0.2) is 59.6 Å². The number of halogens is 1. The second-order valence-electron chi connectivity index (χ2n) is 7.13. The van der Waals surface area contributed by atoms with Crippen molar-refractivity contribution < 1.29 is 9.53 Å². The minimum absolute atomic E-state index is 0. The number of carbonyl (C=O) groups is 1. The Morgan fingerprint density at radius 2 is 1.68 bits per heavy atom. The predicted octanol–water partition coefficient (Wildman–Crippen LogP) is 2.37. The van der Waals surface area contributed by atoms with Gasteiger partial charge in [0.15, 0.2) is 5.96 Å². The van der Waals surface area contributed by atoms with Crippen molar-refractivity contribution in [2.45, 2.75) is 6.42 Å². The van der Waals surface area contributed by atoms with Gasteiger partial charge in [0.25, 0.3) is 0 Å². The summed E-state index contributed by atoms with van der Waals surface area (Å²) in [5, 5.41) is 6.14. The van der Waals surface area contributed by atoms with E-state index in [4.69, 9.17) is 4.74 Å². The molecule has 1 fully saturated rings. The molecule has 1 saturated heterocycles. The Kier molecular flexibility index (Phi) is 10.4. The lowest BCUT2D eigenvalue weighted by atomic mass is 10.1. The molecular formula is C23H32IN5O2. The Bertz CT molecular complexity index is 839. The minimum atomic E-state index is -0.0280. The molecule has 0 bridgehead atoms. The molecule has 31 heavy (non-hydrogen) atoms. The number of amides is 1. The monoisotopic (exact) mass is 537 g/mol. The van der Waals surface area contributed by atoms with Crippen LogP contribution < -0.4 is 20.3 Å². The Hall–Kier alpha value is -2.49. The van der Waals surface area contributed by atoms with Gasteiger partial charge in [0, 0.05) is 39.8 Å². The summed E-state index contributed by atoms with van der Waals surface area (Å²) < 4.78 is 5.48. The summed E-state index contributed by atoms with van der Waals surface area (Å²) in [4.78, 5) is 21.0. The van der Waals surface area contributed by atoms with Crippen LogP contribution in [0.5, 0.6) is 5.75 Å². The maximum absolute atomic E-state index is 12.2. The Morgan fingerprint density at radius 1 is 1.00 bits per heavy atom. The fraction of sp³-hybridized carbons (Fsp3) is 0.391. The molecule has 1 aliphatic heterocycles. The second-order valence-corrected chi connectivity index (χ2v) is 7.13. The predicted molar refractivity (Wildman–Crippen MR) is 137 cm³/mol. The van der Waals surface area contributed by atoms with Gasteiger partial charge < -0.3 is 25.2 Å². The van der Waals surface area contributed by atoms with Gasteiger partial charge in [0.1, 0.15) is 5.75 Å². The van der Waals surface area contributed by atoms with E-state index in [1.807, 2.05) is 36.4 Å². The molecule has 2 N–H and O–H groups in total. The number of hydrogen-bond donors (Lipinski definition) is 2. The van der Waals surface area contributed by atoms with Crippen LogP contribution in [0.4, 0.5) is 5.69 Å². The Balaban J connectivity index is 0.00000341. The van der Waals surface area contributed by atoms with Gasteiger partial charge in [0.2, 0.25) is 5.91 Å². The highest BCUT2D eigenvalue weighted by molar-refractivity contribution is 14.0. The molecule has 8 heteroatoms. The molecule has 0 spiro atoms. The molecule has 1 aliphatic rings. The average molecular weight is 537 g/mol. The zero-order valence-corrected chi connectivity index (χ0v) is 20.5. The van der Waals surface area contributed by atoms with E-state index < -0.39 is 0 Å². The molecule has 1 amide bonds. The van der Waals surface area contributed by atoms with Crippen LogP contribution >= 0.6 is 24.0 Å². The highest BCUT2D eigenvalue weighted by Gasteiger charge is 2.21. The number of nitrogens with zero attached hydrogens (tertiary/aromatic N) is 3. The lowest BCUT2D eigenvalue weighted by Crippen LogP contribution is -2.53. The number of guanidine groups is 1. The van der Waals surface area contributed by atoms with Gasteiger partial charge in [-0.2, -0.15) is 0 Å². The van der Waals surface area contributed by atoms with E-state index in [9.17, 15) is 4.79 Å². The van der Waals surface area contributed by atoms with Crippen molar-refractivity contribution >= 4 is 41.5 Å². The number of para-hydroxylation sites is 2. The Labute approximate surface area is 201 Å². The third-order valence-corrected chi connectivity index (χ3v) is 5.20. The van der Waals surface area contributed by atoms with E-state index in [1.54, 1.807) is 14.2 Å². The van der Waals surface area contributed by atoms with E-state index in [2.05, 4.69) is 43.6 Å². The number of anilines is 1. The second kappa shape index (κ2) is 13.0. The normalized spacial score (nSPS) is 13.9. The van der Waals surface area contributed by atoms with Crippen molar-refractivity contribution in [3.05, 3.63) is 60.2 Å². The molecule has 2 aromatic carbocycles. The van der Waals surface area contributed by atoms with Gasteiger partial charge in [0.05, 0.1) is 19.3 Å². The fourth-order valence-electron chi connectivity index (χ4n) is 3.60. The molecule has 0 saturated carbocycles. The molecular weight excluding hydrogens is 505 g/mol. The van der Waals surface area contributed by atoms with E-state index in [0.29, 0.717) is 6.54 Å². The number of rotatable bonds is 7. The molecule has 168 valence electrons. The summed E-state index contributed by atoms with van der Waals surface area (Å²) in [6, 6.07) is 18.2. The molecule has 3 rings (SSSR count). The van der Waals surface area contributed by atoms with E-state index >= 15 is 0 Å². The lowest BCUT2D eigenvalue weighted by molar-refractivity contribution is -0.120. The SMILES string of the molecule is CN=C(NCC(=O)NCCc1ccccc1)N1CCN(c2ccccc2OC)CC1.I. The largest absolute Gasteiger partial charge is 0.495 e. The number of hydrogen-bond acceptors (Lipinski definition) is 4. The lowest BCUT2D eigenvalue weighted by Gasteiger charge is -2.38. The molecule has 2 aromatic rings. The fourth-order valence-corrected chi connectivity index (χ4v) is 3.60. The smallest absolute Gasteiger partial charge is 0.239 e. The summed E-state index contributed by atoms with van der Waals surface area (Å²) in [5.74, 6) is 1.62. The molecule has 7 nitrogen and oxygen atoms in total. The van der Waals surface area contributed by atoms with Crippen LogP contribution in [-0.4, -0.2) is 70.2 Å². The van der Waals surface area contributed by atoms with Crippen LogP contribution in [0.25, 0.3) is 0 Å². The van der Waals surface area contributed by atoms with Crippen LogP contribution in [-0.2, 0) is 11.2 Å². The number of nitrogens with one attached hydrogen (secondary N) is 2. The van der Waals surface area contributed by atoms with Crippen LogP contribution in [0.2, 0.25) is 0 Å². The standard InChI is InChI=1S/C23H31N5O2.HI/c1-24-23(26-18-22(29)25-13-12-19-8-4-3-5-9-19)28-16-14-27(15-17-28)20-10-6-7-11-21(20)30-2;/h3-11H,12-18H2,1-2H3,(H,24,26)(H,25,29);1H. The first-order chi connectivity index (χ1) is 14.7. The first-order valence-electron chi connectivity index (χ1n) is 10.4. The van der Waals surface area contributed by atoms with E-state index in [-0.39, 0.29) is 36.4 Å². The van der Waals surface area contributed by atoms with Crippen molar-refractivity contribution in [1.29, 1.82) is 0 Å². The molecule has 0 atom stereocenters. The van der Waals surface area contributed by atoms with Crippen LogP contribution in [0, 0.1) is 0 Å². The number of benzene rings is 2. The average Bonchev–Trinajstić information content (AvgIpc) is 2.80. The van der Waals surface area contributed by atoms with Gasteiger partial charge in [-0.15, -0.1) is 24.0 Å². The molecule has 0 aromatic heterocycles. The summed E-state index contributed by atoms with van der Waals surface area (Å²) in [6.45, 7) is 4.23. The highest BCUT2D eigenvalue weighted by Crippen LogP contribution is 2.28. The van der Waals surface area contributed by atoms with Crippen LogP contribution in [0.3, 0.4) is 0 Å². The van der Waals surface area contributed by atoms with Crippen molar-refractivity contribution in [2.24, 2.45) is 4.99 Å². The first-order valence-corrected chi connectivity index (χ1v) is 10.4. The van der Waals surface area contributed by atoms with Crippen molar-refractivity contribution in [3.63, 3.8) is 0 Å². The number of ether oxygens (including phenoxy) is 1. The van der Waals surface area contributed by atoms with Gasteiger partial charge in [-0.3, -0.25) is 9.79 Å². The first kappa shape index (κ1) is 24.8. The quantitative estimate of drug-likeness (QED) is 0.323. The number of aliphatic imine (C=N–C) groups is 1. The summed E-state index contributed by atoms with van der Waals surface area (Å²) in [6.07, 6.45) is 0.826. The zero-order valence-electron chi connectivity index (χ0n) is 18.2. The summed E-state index contributed by atoms with van der Waals surface area (Å²) in [5.41, 5.74) is 2.33. The van der Waals surface area contributed by atoms with Crippen molar-refractivity contribution in [1.82, 2.24) is 15.5 Å². The van der Waals surface area contributed by atoms with Crippen molar-refractivity contribution in [3.8, 4) is 5.75 Å². The van der Waals surface area contributed by atoms with Gasteiger partial charge in [-0.1, -0.05) is 42.5 Å². The topological polar surface area (TPSA) is 69.2 Å². The minimum Gasteiger partial charge on any atom is -0.495 e. The van der Waals surface area contributed by atoms with Crippen molar-refractivity contribution in [2.75, 3.05) is 58.3 Å². The number of carbonyl (C=O) groups excluding carboxylic acids is 1. The maximum Gasteiger partial charge on any atom is 0.239 e. The van der Waals surface area contributed by atoms with Gasteiger partial charge in [-0.25, -0.2) is 0 Å². The molecule has 0 unspecified atom stereocenters. The molecule has 1 heterocycles.